The van der Waals surface area contributed by atoms with Gasteiger partial charge in [0.25, 0.3) is 5.91 Å². The Morgan fingerprint density at radius 2 is 1.63 bits per heavy atom. The van der Waals surface area contributed by atoms with Crippen LogP contribution in [-0.2, 0) is 11.3 Å². The lowest BCUT2D eigenvalue weighted by Gasteiger charge is -2.30. The van der Waals surface area contributed by atoms with Crippen LogP contribution in [-0.4, -0.2) is 43.4 Å². The number of carbonyl (C=O) groups excluding carboxylic acids is 2. The molecule has 3 aromatic rings. The summed E-state index contributed by atoms with van der Waals surface area (Å²) in [5.74, 6) is -0.0366. The van der Waals surface area contributed by atoms with E-state index in [1.807, 2.05) is 79.2 Å². The van der Waals surface area contributed by atoms with E-state index in [9.17, 15) is 9.59 Å². The maximum absolute atomic E-state index is 13.4. The Balaban J connectivity index is 1.76. The van der Waals surface area contributed by atoms with Crippen LogP contribution in [0.15, 0.2) is 66.7 Å². The Morgan fingerprint density at radius 1 is 0.967 bits per heavy atom. The van der Waals surface area contributed by atoms with Crippen molar-refractivity contribution in [3.8, 4) is 0 Å². The second-order valence-electron chi connectivity index (χ2n) is 7.45. The zero-order valence-electron chi connectivity index (χ0n) is 18.1. The number of nitrogens with one attached hydrogen (secondary N) is 1. The van der Waals surface area contributed by atoms with Gasteiger partial charge in [-0.1, -0.05) is 48.5 Å². The molecule has 0 aromatic heterocycles. The number of nitrogens with zero attached hydrogens (tertiary/aromatic N) is 2. The van der Waals surface area contributed by atoms with Crippen LogP contribution in [0.4, 0.5) is 5.69 Å². The highest BCUT2D eigenvalue weighted by Crippen LogP contribution is 2.27. The van der Waals surface area contributed by atoms with Gasteiger partial charge in [-0.2, -0.15) is 0 Å². The van der Waals surface area contributed by atoms with Gasteiger partial charge in [-0.05, 0) is 50.0 Å². The molecule has 3 aromatic carbocycles. The largest absolute Gasteiger partial charge is 0.355 e. The molecule has 0 aliphatic rings. The summed E-state index contributed by atoms with van der Waals surface area (Å²) < 4.78 is 0. The molecule has 1 N–H and O–H groups in total. The summed E-state index contributed by atoms with van der Waals surface area (Å²) in [6.07, 6.45) is 0. The molecule has 0 saturated heterocycles. The Morgan fingerprint density at radius 3 is 2.30 bits per heavy atom. The number of hydrogen-bond acceptors (Lipinski definition) is 3. The number of rotatable bonds is 7. The lowest BCUT2D eigenvalue weighted by molar-refractivity contribution is -0.122. The zero-order valence-corrected chi connectivity index (χ0v) is 18.1. The summed E-state index contributed by atoms with van der Waals surface area (Å²) >= 11 is 0. The van der Waals surface area contributed by atoms with Crippen LogP contribution in [0.1, 0.15) is 29.8 Å². The molecule has 0 aliphatic heterocycles. The molecule has 5 heteroatoms. The number of amides is 2. The van der Waals surface area contributed by atoms with Gasteiger partial charge in [0, 0.05) is 31.1 Å². The molecule has 0 spiro atoms. The Bertz CT molecular complexity index is 1020. The molecule has 3 rings (SSSR count). The van der Waals surface area contributed by atoms with Crippen molar-refractivity contribution in [1.29, 1.82) is 0 Å². The van der Waals surface area contributed by atoms with E-state index in [0.717, 1.165) is 22.0 Å². The highest BCUT2D eigenvalue weighted by atomic mass is 16.2. The summed E-state index contributed by atoms with van der Waals surface area (Å²) in [6.45, 7) is 5.17. The number of carbonyl (C=O) groups is 2. The average molecular weight is 404 g/mol. The van der Waals surface area contributed by atoms with Gasteiger partial charge >= 0.3 is 0 Å². The molecular weight excluding hydrogens is 374 g/mol. The van der Waals surface area contributed by atoms with Gasteiger partial charge in [0.15, 0.2) is 0 Å². The van der Waals surface area contributed by atoms with Gasteiger partial charge in [0.05, 0.1) is 11.7 Å². The van der Waals surface area contributed by atoms with Crippen LogP contribution < -0.4 is 10.2 Å². The van der Waals surface area contributed by atoms with Crippen molar-refractivity contribution in [2.45, 2.75) is 26.4 Å². The fourth-order valence-electron chi connectivity index (χ4n) is 3.63. The summed E-state index contributed by atoms with van der Waals surface area (Å²) in [7, 11) is 3.57. The van der Waals surface area contributed by atoms with Crippen molar-refractivity contribution in [3.63, 3.8) is 0 Å². The number of fused-ring (bicyclic) bond motifs is 1. The van der Waals surface area contributed by atoms with Crippen LogP contribution in [0.2, 0.25) is 0 Å². The first-order valence-corrected chi connectivity index (χ1v) is 10.3. The maximum atomic E-state index is 13.4. The smallest absolute Gasteiger partial charge is 0.251 e. The minimum Gasteiger partial charge on any atom is -0.355 e. The molecule has 0 unspecified atom stereocenters. The van der Waals surface area contributed by atoms with Crippen LogP contribution in [0.5, 0.6) is 0 Å². The third-order valence-electron chi connectivity index (χ3n) is 5.53. The topological polar surface area (TPSA) is 52.7 Å². The Labute approximate surface area is 178 Å². The first-order valence-electron chi connectivity index (χ1n) is 10.3. The van der Waals surface area contributed by atoms with Gasteiger partial charge in [0.1, 0.15) is 0 Å². The van der Waals surface area contributed by atoms with E-state index in [1.165, 1.54) is 0 Å². The van der Waals surface area contributed by atoms with E-state index in [2.05, 4.69) is 23.5 Å². The first kappa shape index (κ1) is 21.5. The molecule has 156 valence electrons. The average Bonchev–Trinajstić information content (AvgIpc) is 2.79. The van der Waals surface area contributed by atoms with E-state index >= 15 is 0 Å². The number of anilines is 1. The quantitative estimate of drug-likeness (QED) is 0.647. The fraction of sp³-hybridized carbons (Fsp3) is 0.280. The predicted octanol–water partition coefficient (Wildman–Crippen LogP) is 4.07. The second kappa shape index (κ2) is 9.55. The molecule has 2 amide bonds. The SMILES string of the molecule is CCN(C(=O)[C@H](C)N(C)Cc1ccc(C(=O)NC)cc1)c1cccc2ccccc12. The molecule has 0 saturated carbocycles. The number of benzene rings is 3. The summed E-state index contributed by atoms with van der Waals surface area (Å²) in [5, 5.41) is 4.82. The zero-order chi connectivity index (χ0) is 21.7. The molecular formula is C25H29N3O2. The van der Waals surface area contributed by atoms with Crippen molar-refractivity contribution in [2.24, 2.45) is 0 Å². The number of likely N-dealkylation sites (N-methyl/N-ethyl adjacent to an activating group) is 2. The van der Waals surface area contributed by atoms with E-state index in [1.54, 1.807) is 7.05 Å². The molecule has 0 aliphatic carbocycles. The van der Waals surface area contributed by atoms with Crippen molar-refractivity contribution in [2.75, 3.05) is 25.5 Å². The van der Waals surface area contributed by atoms with Crippen molar-refractivity contribution in [1.82, 2.24) is 10.2 Å². The minimum absolute atomic E-state index is 0.0679. The van der Waals surface area contributed by atoms with Crippen molar-refractivity contribution >= 4 is 28.3 Å². The lowest BCUT2D eigenvalue weighted by atomic mass is 10.1. The van der Waals surface area contributed by atoms with E-state index in [-0.39, 0.29) is 17.9 Å². The predicted molar refractivity (Wildman–Crippen MR) is 123 cm³/mol. The third-order valence-corrected chi connectivity index (χ3v) is 5.53. The number of hydrogen-bond donors (Lipinski definition) is 1. The lowest BCUT2D eigenvalue weighted by Crippen LogP contribution is -2.45. The minimum atomic E-state index is -0.289. The van der Waals surface area contributed by atoms with Crippen LogP contribution >= 0.6 is 0 Å². The van der Waals surface area contributed by atoms with Gasteiger partial charge in [-0.3, -0.25) is 14.5 Å². The molecule has 0 heterocycles. The second-order valence-corrected chi connectivity index (χ2v) is 7.45. The monoisotopic (exact) mass is 403 g/mol. The Kier molecular flexibility index (Phi) is 6.85. The van der Waals surface area contributed by atoms with Crippen LogP contribution in [0.3, 0.4) is 0 Å². The molecule has 30 heavy (non-hydrogen) atoms. The molecule has 0 radical (unpaired) electrons. The van der Waals surface area contributed by atoms with E-state index in [4.69, 9.17) is 0 Å². The van der Waals surface area contributed by atoms with Crippen molar-refractivity contribution < 1.29 is 9.59 Å². The van der Waals surface area contributed by atoms with Crippen LogP contribution in [0.25, 0.3) is 10.8 Å². The normalized spacial score (nSPS) is 12.0. The van der Waals surface area contributed by atoms with Crippen molar-refractivity contribution in [3.05, 3.63) is 77.9 Å². The van der Waals surface area contributed by atoms with Gasteiger partial charge in [-0.15, -0.1) is 0 Å². The molecule has 0 bridgehead atoms. The van der Waals surface area contributed by atoms with Gasteiger partial charge < -0.3 is 10.2 Å². The Hall–Kier alpha value is -3.18. The van der Waals surface area contributed by atoms with Gasteiger partial charge in [-0.25, -0.2) is 0 Å². The maximum Gasteiger partial charge on any atom is 0.251 e. The first-order chi connectivity index (χ1) is 14.5. The summed E-state index contributed by atoms with van der Waals surface area (Å²) in [5.41, 5.74) is 2.62. The van der Waals surface area contributed by atoms with E-state index in [0.29, 0.717) is 18.7 Å². The third kappa shape index (κ3) is 4.52. The summed E-state index contributed by atoms with van der Waals surface area (Å²) in [4.78, 5) is 29.0. The molecule has 5 nitrogen and oxygen atoms in total. The van der Waals surface area contributed by atoms with Gasteiger partial charge in [0.2, 0.25) is 5.91 Å². The fourth-order valence-corrected chi connectivity index (χ4v) is 3.63. The van der Waals surface area contributed by atoms with E-state index < -0.39 is 0 Å². The molecule has 0 fully saturated rings. The summed E-state index contributed by atoms with van der Waals surface area (Å²) in [6, 6.07) is 21.4. The highest BCUT2D eigenvalue weighted by molar-refractivity contribution is 6.05. The van der Waals surface area contributed by atoms with Crippen LogP contribution in [0, 0.1) is 0 Å². The highest BCUT2D eigenvalue weighted by Gasteiger charge is 2.25. The standard InChI is InChI=1S/C25H29N3O2/c1-5-28(23-12-8-10-20-9-6-7-11-22(20)23)25(30)18(2)27(4)17-19-13-15-21(16-14-19)24(29)26-3/h6-16,18H,5,17H2,1-4H3,(H,26,29)/t18-/m0/s1. The molecule has 1 atom stereocenters.